The number of aliphatic hydroxyl groups is 1. The fourth-order valence-corrected chi connectivity index (χ4v) is 3.47. The predicted octanol–water partition coefficient (Wildman–Crippen LogP) is 5.74. The first-order valence-electron chi connectivity index (χ1n) is 13.3. The van der Waals surface area contributed by atoms with Gasteiger partial charge >= 0.3 is 0 Å². The van der Waals surface area contributed by atoms with E-state index in [0.29, 0.717) is 18.2 Å². The number of hydrogen-bond acceptors (Lipinski definition) is 8. The van der Waals surface area contributed by atoms with Gasteiger partial charge < -0.3 is 20.3 Å². The quantitative estimate of drug-likeness (QED) is 0.214. The van der Waals surface area contributed by atoms with Crippen LogP contribution in [0.5, 0.6) is 0 Å². The van der Waals surface area contributed by atoms with Crippen LogP contribution in [-0.2, 0) is 9.47 Å². The summed E-state index contributed by atoms with van der Waals surface area (Å²) in [5.41, 5.74) is 9.99. The van der Waals surface area contributed by atoms with Gasteiger partial charge in [-0.05, 0) is 52.0 Å². The summed E-state index contributed by atoms with van der Waals surface area (Å²) in [7, 11) is 1.47. The van der Waals surface area contributed by atoms with Crippen LogP contribution in [0.25, 0.3) is 22.5 Å². The van der Waals surface area contributed by atoms with E-state index in [2.05, 4.69) is 28.8 Å². The molecule has 0 amide bonds. The summed E-state index contributed by atoms with van der Waals surface area (Å²) >= 11 is 0. The summed E-state index contributed by atoms with van der Waals surface area (Å²) in [6, 6.07) is 31.5. The van der Waals surface area contributed by atoms with Crippen LogP contribution in [0.3, 0.4) is 0 Å². The Morgan fingerprint density at radius 1 is 0.854 bits per heavy atom. The standard InChI is InChI=1S/C16H16N2O.C13H12N2O.C4H11NO/c1-16(2)11-19-15(18-16)14-10-6-9-13(17-14)12-7-4-3-5-8-12;1-16-13(14)12-9-5-8-11(15-12)10-6-3-2-4-7-10;1-4(2,5)3-6/h3-10H,11H2,1-2H3;2-9,14H,1H3;6H,3,5H2,1-2H3. The van der Waals surface area contributed by atoms with Crippen molar-refractivity contribution in [2.45, 2.75) is 38.8 Å². The lowest BCUT2D eigenvalue weighted by Gasteiger charge is -2.12. The van der Waals surface area contributed by atoms with Gasteiger partial charge in [-0.1, -0.05) is 72.8 Å². The Bertz CT molecular complexity index is 1430. The average molecular weight is 554 g/mol. The summed E-state index contributed by atoms with van der Waals surface area (Å²) in [6.07, 6.45) is 0. The van der Waals surface area contributed by atoms with Gasteiger partial charge in [-0.3, -0.25) is 5.41 Å². The second-order valence-corrected chi connectivity index (χ2v) is 10.7. The maximum Gasteiger partial charge on any atom is 0.236 e. The summed E-state index contributed by atoms with van der Waals surface area (Å²) < 4.78 is 10.5. The molecule has 8 nitrogen and oxygen atoms in total. The van der Waals surface area contributed by atoms with E-state index < -0.39 is 5.54 Å². The SMILES string of the molecule is CC(C)(N)CO.CC1(C)COC(c2cccc(-c3ccccc3)n2)=N1.COC(=N)c1cccc(-c2ccccc2)n1. The van der Waals surface area contributed by atoms with Crippen molar-refractivity contribution in [2.24, 2.45) is 10.7 Å². The zero-order chi connectivity index (χ0) is 29.9. The van der Waals surface area contributed by atoms with Gasteiger partial charge in [0, 0.05) is 16.7 Å². The number of pyridine rings is 2. The van der Waals surface area contributed by atoms with Gasteiger partial charge in [0.25, 0.3) is 0 Å². The smallest absolute Gasteiger partial charge is 0.236 e. The minimum Gasteiger partial charge on any atom is -0.480 e. The van der Waals surface area contributed by atoms with Crippen LogP contribution in [0.2, 0.25) is 0 Å². The van der Waals surface area contributed by atoms with Gasteiger partial charge in [0.2, 0.25) is 11.8 Å². The summed E-state index contributed by atoms with van der Waals surface area (Å²) in [4.78, 5) is 13.6. The van der Waals surface area contributed by atoms with Crippen LogP contribution in [-0.4, -0.2) is 58.3 Å². The van der Waals surface area contributed by atoms with E-state index in [0.717, 1.165) is 28.2 Å². The van der Waals surface area contributed by atoms with Gasteiger partial charge in [0.05, 0.1) is 30.6 Å². The van der Waals surface area contributed by atoms with Crippen molar-refractivity contribution in [2.75, 3.05) is 20.3 Å². The Labute approximate surface area is 242 Å². The minimum absolute atomic E-state index is 0.0486. The molecule has 0 bridgehead atoms. The van der Waals surface area contributed by atoms with Crippen LogP contribution in [0.4, 0.5) is 0 Å². The van der Waals surface area contributed by atoms with Crippen molar-refractivity contribution in [1.29, 1.82) is 5.41 Å². The number of nitrogens with two attached hydrogens (primary N) is 1. The molecule has 0 unspecified atom stereocenters. The molecule has 2 aromatic carbocycles. The van der Waals surface area contributed by atoms with Crippen LogP contribution in [0.1, 0.15) is 39.1 Å². The molecule has 41 heavy (non-hydrogen) atoms. The van der Waals surface area contributed by atoms with Gasteiger partial charge in [0.15, 0.2) is 0 Å². The normalized spacial score (nSPS) is 13.4. The van der Waals surface area contributed by atoms with Crippen molar-refractivity contribution in [3.63, 3.8) is 0 Å². The topological polar surface area (TPSA) is 127 Å². The summed E-state index contributed by atoms with van der Waals surface area (Å²) in [5, 5.41) is 15.8. The Morgan fingerprint density at radius 2 is 1.34 bits per heavy atom. The largest absolute Gasteiger partial charge is 0.480 e. The molecule has 0 aliphatic carbocycles. The van der Waals surface area contributed by atoms with Crippen molar-refractivity contribution in [1.82, 2.24) is 9.97 Å². The zero-order valence-electron chi connectivity index (χ0n) is 24.3. The van der Waals surface area contributed by atoms with Gasteiger partial charge in [-0.15, -0.1) is 0 Å². The highest BCUT2D eigenvalue weighted by Crippen LogP contribution is 2.22. The third-order valence-corrected chi connectivity index (χ3v) is 5.67. The van der Waals surface area contributed by atoms with Gasteiger partial charge in [-0.25, -0.2) is 15.0 Å². The second kappa shape index (κ2) is 14.3. The summed E-state index contributed by atoms with van der Waals surface area (Å²) in [5.74, 6) is 0.723. The number of ether oxygens (including phenoxy) is 2. The van der Waals surface area contributed by atoms with E-state index in [9.17, 15) is 0 Å². The maximum absolute atomic E-state index is 8.28. The molecule has 5 rings (SSSR count). The number of aliphatic imine (C=N–C) groups is 1. The van der Waals surface area contributed by atoms with Gasteiger partial charge in [0.1, 0.15) is 18.0 Å². The zero-order valence-corrected chi connectivity index (χ0v) is 24.3. The molecule has 0 atom stereocenters. The minimum atomic E-state index is -0.403. The molecular weight excluding hydrogens is 514 g/mol. The molecule has 4 aromatic rings. The number of rotatable bonds is 5. The molecule has 2 aromatic heterocycles. The molecule has 1 aliphatic rings. The number of hydrogen-bond donors (Lipinski definition) is 3. The van der Waals surface area contributed by atoms with Crippen molar-refractivity contribution in [3.05, 3.63) is 108 Å². The van der Waals surface area contributed by atoms with E-state index in [1.54, 1.807) is 19.9 Å². The van der Waals surface area contributed by atoms with Crippen molar-refractivity contribution >= 4 is 11.8 Å². The van der Waals surface area contributed by atoms with Gasteiger partial charge in [-0.2, -0.15) is 0 Å². The Kier molecular flexibility index (Phi) is 10.9. The molecule has 1 aliphatic heterocycles. The van der Waals surface area contributed by atoms with Crippen LogP contribution >= 0.6 is 0 Å². The van der Waals surface area contributed by atoms with Crippen LogP contribution in [0, 0.1) is 5.41 Å². The lowest BCUT2D eigenvalue weighted by atomic mass is 10.1. The molecule has 4 N–H and O–H groups in total. The number of methoxy groups -OCH3 is 1. The molecule has 214 valence electrons. The predicted molar refractivity (Wildman–Crippen MR) is 165 cm³/mol. The third kappa shape index (κ3) is 9.94. The van der Waals surface area contributed by atoms with Crippen molar-refractivity contribution in [3.8, 4) is 22.5 Å². The molecule has 0 saturated heterocycles. The molecule has 0 radical (unpaired) electrons. The fourth-order valence-electron chi connectivity index (χ4n) is 3.47. The first-order valence-corrected chi connectivity index (χ1v) is 13.3. The van der Waals surface area contributed by atoms with E-state index in [1.165, 1.54) is 7.11 Å². The molecule has 3 heterocycles. The molecule has 0 spiro atoms. The number of benzene rings is 2. The molecule has 0 fully saturated rings. The fraction of sp³-hybridized carbons (Fsp3) is 0.273. The Hall–Kier alpha value is -4.40. The molecular formula is C33H39N5O3. The number of nitrogens with zero attached hydrogens (tertiary/aromatic N) is 3. The number of aliphatic hydroxyl groups excluding tert-OH is 1. The molecule has 0 saturated carbocycles. The summed E-state index contributed by atoms with van der Waals surface area (Å²) in [6.45, 7) is 8.31. The van der Waals surface area contributed by atoms with Crippen molar-refractivity contribution < 1.29 is 14.6 Å². The van der Waals surface area contributed by atoms with E-state index >= 15 is 0 Å². The van der Waals surface area contributed by atoms with Crippen LogP contribution in [0.15, 0.2) is 102 Å². The van der Waals surface area contributed by atoms with E-state index in [1.807, 2.05) is 91.0 Å². The second-order valence-electron chi connectivity index (χ2n) is 10.7. The average Bonchev–Trinajstić information content (AvgIpc) is 3.37. The first kappa shape index (κ1) is 31.1. The lowest BCUT2D eigenvalue weighted by Crippen LogP contribution is -2.35. The number of aromatic nitrogens is 2. The third-order valence-electron chi connectivity index (χ3n) is 5.67. The van der Waals surface area contributed by atoms with Crippen LogP contribution < -0.4 is 5.73 Å². The maximum atomic E-state index is 8.28. The Morgan fingerprint density at radius 3 is 1.80 bits per heavy atom. The highest BCUT2D eigenvalue weighted by Gasteiger charge is 2.27. The Balaban J connectivity index is 0.000000191. The monoisotopic (exact) mass is 553 g/mol. The molecule has 8 heteroatoms. The van der Waals surface area contributed by atoms with E-state index in [-0.39, 0.29) is 18.0 Å². The first-order chi connectivity index (χ1) is 19.5. The highest BCUT2D eigenvalue weighted by atomic mass is 16.5. The number of nitrogens with one attached hydrogen (secondary N) is 1. The lowest BCUT2D eigenvalue weighted by molar-refractivity contribution is 0.221. The highest BCUT2D eigenvalue weighted by molar-refractivity contribution is 5.94. The van der Waals surface area contributed by atoms with E-state index in [4.69, 9.17) is 25.7 Å².